The van der Waals surface area contributed by atoms with Crippen molar-refractivity contribution in [1.82, 2.24) is 15.5 Å². The lowest BCUT2D eigenvalue weighted by Gasteiger charge is -2.36. The van der Waals surface area contributed by atoms with Crippen LogP contribution in [0, 0.1) is 0 Å². The van der Waals surface area contributed by atoms with Crippen LogP contribution < -0.4 is 15.4 Å². The molecule has 2 N–H and O–H groups in total. The number of hydrogen-bond acceptors (Lipinski definition) is 6. The number of halogens is 1. The normalized spacial score (nSPS) is 15.4. The van der Waals surface area contributed by atoms with Gasteiger partial charge in [-0.2, -0.15) is 0 Å². The van der Waals surface area contributed by atoms with E-state index in [1.54, 1.807) is 23.1 Å². The van der Waals surface area contributed by atoms with Crippen LogP contribution in [0.2, 0.25) is 0 Å². The van der Waals surface area contributed by atoms with E-state index in [0.717, 1.165) is 5.56 Å². The van der Waals surface area contributed by atoms with Crippen molar-refractivity contribution >= 4 is 51.0 Å². The summed E-state index contributed by atoms with van der Waals surface area (Å²) in [5.41, 5.74) is 1.35. The average Bonchev–Trinajstić information content (AvgIpc) is 2.81. The first-order valence-corrected chi connectivity index (χ1v) is 12.5. The second-order valence-electron chi connectivity index (χ2n) is 8.23. The molecule has 3 rings (SSSR count). The molecule has 10 heteroatoms. The van der Waals surface area contributed by atoms with Gasteiger partial charge in [-0.3, -0.25) is 19.7 Å². The van der Waals surface area contributed by atoms with Gasteiger partial charge in [-0.1, -0.05) is 46.3 Å². The van der Waals surface area contributed by atoms with Crippen LogP contribution in [-0.4, -0.2) is 59.6 Å². The van der Waals surface area contributed by atoms with Gasteiger partial charge in [-0.05, 0) is 49.8 Å². The zero-order valence-corrected chi connectivity index (χ0v) is 22.0. The zero-order valence-electron chi connectivity index (χ0n) is 19.6. The molecule has 0 radical (unpaired) electrons. The van der Waals surface area contributed by atoms with Crippen molar-refractivity contribution < 1.29 is 23.9 Å². The lowest BCUT2D eigenvalue weighted by Crippen LogP contribution is -2.60. The number of rotatable bonds is 8. The molecule has 2 aromatic carbocycles. The first-order chi connectivity index (χ1) is 16.7. The molecule has 1 unspecified atom stereocenters. The number of ether oxygens (including phenoxy) is 2. The number of carbonyl (C=O) groups excluding carboxylic acids is 3. The second kappa shape index (κ2) is 12.6. The van der Waals surface area contributed by atoms with E-state index in [9.17, 15) is 14.4 Å². The Hall–Kier alpha value is -2.98. The minimum absolute atomic E-state index is 0.0578. The second-order valence-corrected chi connectivity index (χ2v) is 9.53. The summed E-state index contributed by atoms with van der Waals surface area (Å²) in [4.78, 5) is 39.6. The van der Waals surface area contributed by atoms with Gasteiger partial charge >= 0.3 is 5.97 Å². The summed E-state index contributed by atoms with van der Waals surface area (Å²) in [5.74, 6) is -0.915. The highest BCUT2D eigenvalue weighted by molar-refractivity contribution is 9.10. The highest BCUT2D eigenvalue weighted by Crippen LogP contribution is 2.24. The summed E-state index contributed by atoms with van der Waals surface area (Å²) >= 11 is 8.83. The third kappa shape index (κ3) is 7.76. The molecule has 35 heavy (non-hydrogen) atoms. The van der Waals surface area contributed by atoms with E-state index in [0.29, 0.717) is 35.3 Å². The van der Waals surface area contributed by atoms with Crippen molar-refractivity contribution in [2.45, 2.75) is 38.8 Å². The number of piperazine rings is 1. The Bertz CT molecular complexity index is 1080. The standard InChI is InChI=1S/C25H28BrN3O5S/c1-16(2)34-21-9-8-18(26)14-19(21)23(31)28-25(35)29-12-11-27-24(32)20(29)15-22(30)33-13-10-17-6-4-3-5-7-17/h3-9,14,16,20H,10-13,15H2,1-2H3,(H,27,32)(H,28,31,35). The highest BCUT2D eigenvalue weighted by Gasteiger charge is 2.34. The largest absolute Gasteiger partial charge is 0.490 e. The van der Waals surface area contributed by atoms with Crippen molar-refractivity contribution in [3.8, 4) is 5.75 Å². The zero-order chi connectivity index (χ0) is 25.4. The Labute approximate surface area is 218 Å². The van der Waals surface area contributed by atoms with Crippen LogP contribution in [-0.2, 0) is 20.7 Å². The number of carbonyl (C=O) groups is 3. The average molecular weight is 562 g/mol. The first kappa shape index (κ1) is 26.6. The fourth-order valence-electron chi connectivity index (χ4n) is 3.58. The minimum Gasteiger partial charge on any atom is -0.490 e. The van der Waals surface area contributed by atoms with Gasteiger partial charge in [0.25, 0.3) is 5.91 Å². The molecule has 0 spiro atoms. The Morgan fingerprint density at radius 2 is 1.97 bits per heavy atom. The number of esters is 1. The van der Waals surface area contributed by atoms with Crippen molar-refractivity contribution in [2.24, 2.45) is 0 Å². The van der Waals surface area contributed by atoms with Gasteiger partial charge in [0, 0.05) is 24.0 Å². The van der Waals surface area contributed by atoms with Crippen molar-refractivity contribution in [3.05, 3.63) is 64.1 Å². The molecule has 0 aromatic heterocycles. The van der Waals surface area contributed by atoms with Crippen LogP contribution in [0.5, 0.6) is 5.75 Å². The molecule has 186 valence electrons. The minimum atomic E-state index is -0.880. The van der Waals surface area contributed by atoms with E-state index in [4.69, 9.17) is 21.7 Å². The summed E-state index contributed by atoms with van der Waals surface area (Å²) in [6.07, 6.45) is 0.266. The fraction of sp³-hybridized carbons (Fsp3) is 0.360. The maximum absolute atomic E-state index is 13.0. The van der Waals surface area contributed by atoms with Crippen LogP contribution in [0.25, 0.3) is 0 Å². The third-order valence-electron chi connectivity index (χ3n) is 5.22. The fourth-order valence-corrected chi connectivity index (χ4v) is 4.25. The van der Waals surface area contributed by atoms with E-state index in [1.165, 1.54) is 0 Å². The SMILES string of the molecule is CC(C)Oc1ccc(Br)cc1C(=O)NC(=S)N1CCNC(=O)C1CC(=O)OCCc1ccccc1. The molecular weight excluding hydrogens is 534 g/mol. The molecule has 1 atom stereocenters. The molecule has 0 aliphatic carbocycles. The molecule has 1 heterocycles. The first-order valence-electron chi connectivity index (χ1n) is 11.3. The summed E-state index contributed by atoms with van der Waals surface area (Å²) in [7, 11) is 0. The predicted molar refractivity (Wildman–Crippen MR) is 139 cm³/mol. The van der Waals surface area contributed by atoms with Gasteiger partial charge in [0.1, 0.15) is 11.8 Å². The number of nitrogens with zero attached hydrogens (tertiary/aromatic N) is 1. The van der Waals surface area contributed by atoms with E-state index in [2.05, 4.69) is 26.6 Å². The molecule has 2 aromatic rings. The number of hydrogen-bond donors (Lipinski definition) is 2. The summed E-state index contributed by atoms with van der Waals surface area (Å²) < 4.78 is 11.8. The van der Waals surface area contributed by atoms with Crippen LogP contribution in [0.3, 0.4) is 0 Å². The van der Waals surface area contributed by atoms with Gasteiger partial charge in [0.05, 0.1) is 24.7 Å². The topological polar surface area (TPSA) is 97.0 Å². The number of amides is 2. The smallest absolute Gasteiger partial charge is 0.308 e. The van der Waals surface area contributed by atoms with Gasteiger partial charge in [-0.15, -0.1) is 0 Å². The summed E-state index contributed by atoms with van der Waals surface area (Å²) in [5, 5.41) is 5.48. The maximum atomic E-state index is 13.0. The lowest BCUT2D eigenvalue weighted by molar-refractivity contribution is -0.147. The van der Waals surface area contributed by atoms with Crippen LogP contribution >= 0.6 is 28.1 Å². The Morgan fingerprint density at radius 1 is 1.23 bits per heavy atom. The van der Waals surface area contributed by atoms with Crippen LogP contribution in [0.1, 0.15) is 36.2 Å². The highest BCUT2D eigenvalue weighted by atomic mass is 79.9. The molecule has 1 aliphatic heterocycles. The molecule has 0 saturated carbocycles. The van der Waals surface area contributed by atoms with Gasteiger partial charge in [0.15, 0.2) is 5.11 Å². The van der Waals surface area contributed by atoms with Crippen molar-refractivity contribution in [2.75, 3.05) is 19.7 Å². The van der Waals surface area contributed by atoms with E-state index < -0.39 is 17.9 Å². The molecule has 8 nitrogen and oxygen atoms in total. The molecule has 1 fully saturated rings. The lowest BCUT2D eigenvalue weighted by atomic mass is 10.1. The van der Waals surface area contributed by atoms with E-state index >= 15 is 0 Å². The Balaban J connectivity index is 1.63. The monoisotopic (exact) mass is 561 g/mol. The number of nitrogens with one attached hydrogen (secondary N) is 2. The summed E-state index contributed by atoms with van der Waals surface area (Å²) in [6.45, 7) is 4.63. The molecule has 1 saturated heterocycles. The third-order valence-corrected chi connectivity index (χ3v) is 6.05. The molecule has 1 aliphatic rings. The van der Waals surface area contributed by atoms with Gasteiger partial charge in [0.2, 0.25) is 5.91 Å². The number of thiocarbonyl (C=S) groups is 1. The molecule has 2 amide bonds. The Kier molecular flexibility index (Phi) is 9.62. The van der Waals surface area contributed by atoms with Gasteiger partial charge < -0.3 is 19.7 Å². The van der Waals surface area contributed by atoms with Crippen LogP contribution in [0.4, 0.5) is 0 Å². The van der Waals surface area contributed by atoms with E-state index in [-0.39, 0.29) is 30.2 Å². The van der Waals surface area contributed by atoms with Gasteiger partial charge in [-0.25, -0.2) is 0 Å². The van der Waals surface area contributed by atoms with Crippen molar-refractivity contribution in [3.63, 3.8) is 0 Å². The van der Waals surface area contributed by atoms with Crippen LogP contribution in [0.15, 0.2) is 53.0 Å². The van der Waals surface area contributed by atoms with Crippen molar-refractivity contribution in [1.29, 1.82) is 0 Å². The number of benzene rings is 2. The van der Waals surface area contributed by atoms with E-state index in [1.807, 2.05) is 44.2 Å². The predicted octanol–water partition coefficient (Wildman–Crippen LogP) is 3.23. The molecular formula is C25H28BrN3O5S. The quantitative estimate of drug-likeness (QED) is 0.377. The Morgan fingerprint density at radius 3 is 2.69 bits per heavy atom. The molecule has 0 bridgehead atoms. The summed E-state index contributed by atoms with van der Waals surface area (Å²) in [6, 6.07) is 13.9. The maximum Gasteiger partial charge on any atom is 0.308 e.